The van der Waals surface area contributed by atoms with Gasteiger partial charge in [-0.25, -0.2) is 18.4 Å². The molecule has 0 atom stereocenters. The molecule has 186 valence electrons. The molecule has 0 bridgehead atoms. The van der Waals surface area contributed by atoms with Crippen LogP contribution in [-0.4, -0.2) is 74.6 Å². The Balaban J connectivity index is 1.54. The predicted octanol–water partition coefficient (Wildman–Crippen LogP) is 2.52. The number of thiazole rings is 1. The Kier molecular flexibility index (Phi) is 7.93. The van der Waals surface area contributed by atoms with Gasteiger partial charge >= 0.3 is 0 Å². The molecule has 0 aliphatic carbocycles. The second-order valence-corrected chi connectivity index (χ2v) is 11.2. The van der Waals surface area contributed by atoms with Crippen molar-refractivity contribution in [2.45, 2.75) is 24.2 Å². The zero-order valence-corrected chi connectivity index (χ0v) is 21.3. The van der Waals surface area contributed by atoms with Crippen molar-refractivity contribution in [2.75, 3.05) is 44.9 Å². The number of aromatic nitrogens is 2. The molecule has 1 amide bonds. The van der Waals surface area contributed by atoms with Crippen molar-refractivity contribution in [3.05, 3.63) is 42.0 Å². The van der Waals surface area contributed by atoms with Crippen LogP contribution >= 0.6 is 11.3 Å². The Morgan fingerprint density at radius 1 is 1.14 bits per heavy atom. The van der Waals surface area contributed by atoms with Crippen molar-refractivity contribution in [1.82, 2.24) is 20.3 Å². The average Bonchev–Trinajstić information content (AvgIpc) is 3.49. The van der Waals surface area contributed by atoms with Crippen LogP contribution in [0.4, 0.5) is 5.13 Å². The number of carbonyl (C=O) groups is 1. The predicted molar refractivity (Wildman–Crippen MR) is 137 cm³/mol. The minimum Gasteiger partial charge on any atom is -0.478 e. The molecule has 0 unspecified atom stereocenters. The second-order valence-electron chi connectivity index (χ2n) is 8.16. The number of rotatable bonds is 10. The maximum Gasteiger partial charge on any atom is 0.278 e. The number of anilines is 1. The fourth-order valence-corrected chi connectivity index (χ4v) is 5.01. The number of benzene rings is 1. The number of fused-ring (bicyclic) bond motifs is 1. The molecule has 4 rings (SSSR count). The average molecular weight is 517 g/mol. The lowest BCUT2D eigenvalue weighted by Crippen LogP contribution is -2.27. The number of amides is 1. The van der Waals surface area contributed by atoms with Gasteiger partial charge in [0.05, 0.1) is 11.5 Å². The molecule has 0 saturated carbocycles. The fraction of sp³-hybridized carbons (Fsp3) is 0.391. The summed E-state index contributed by atoms with van der Waals surface area (Å²) >= 11 is 1.25. The summed E-state index contributed by atoms with van der Waals surface area (Å²) < 4.78 is 29.3. The highest BCUT2D eigenvalue weighted by molar-refractivity contribution is 7.90. The van der Waals surface area contributed by atoms with Gasteiger partial charge < -0.3 is 10.1 Å². The molecule has 1 saturated heterocycles. The molecule has 1 aromatic carbocycles. The van der Waals surface area contributed by atoms with E-state index in [9.17, 15) is 13.2 Å². The van der Waals surface area contributed by atoms with Crippen LogP contribution in [-0.2, 0) is 14.6 Å². The summed E-state index contributed by atoms with van der Waals surface area (Å²) in [7, 11) is -1.45. The maximum atomic E-state index is 13.3. The quantitative estimate of drug-likeness (QED) is 0.311. The first-order valence-corrected chi connectivity index (χ1v) is 14.0. The van der Waals surface area contributed by atoms with Gasteiger partial charge in [-0.15, -0.1) is 0 Å². The Morgan fingerprint density at radius 3 is 2.57 bits per heavy atom. The third-order valence-corrected chi connectivity index (χ3v) is 7.38. The third kappa shape index (κ3) is 6.53. The summed E-state index contributed by atoms with van der Waals surface area (Å²) in [6, 6.07) is 9.74. The molecular weight excluding hydrogens is 488 g/mol. The minimum atomic E-state index is -3.34. The van der Waals surface area contributed by atoms with Gasteiger partial charge in [-0.05, 0) is 51.1 Å². The largest absolute Gasteiger partial charge is 0.478 e. The molecule has 2 N–H and O–H groups in total. The summed E-state index contributed by atoms with van der Waals surface area (Å²) in [6.07, 6.45) is 4.03. The number of hydrogen-bond acceptors (Lipinski definition) is 10. The van der Waals surface area contributed by atoms with Gasteiger partial charge in [-0.3, -0.25) is 15.1 Å². The summed E-state index contributed by atoms with van der Waals surface area (Å²) in [6.45, 7) is 2.94. The van der Waals surface area contributed by atoms with Crippen molar-refractivity contribution in [1.29, 1.82) is 0 Å². The summed E-state index contributed by atoms with van der Waals surface area (Å²) in [5.74, 6) is 0.0870. The molecule has 3 aromatic rings. The van der Waals surface area contributed by atoms with Crippen molar-refractivity contribution in [2.24, 2.45) is 5.10 Å². The molecule has 0 radical (unpaired) electrons. The smallest absolute Gasteiger partial charge is 0.278 e. The number of sulfone groups is 1. The van der Waals surface area contributed by atoms with Gasteiger partial charge in [-0.1, -0.05) is 23.5 Å². The highest BCUT2D eigenvalue weighted by Crippen LogP contribution is 2.26. The summed E-state index contributed by atoms with van der Waals surface area (Å²) in [5, 5.41) is 12.7. The van der Waals surface area contributed by atoms with E-state index in [0.717, 1.165) is 45.2 Å². The lowest BCUT2D eigenvalue weighted by atomic mass is 10.1. The van der Waals surface area contributed by atoms with E-state index in [0.29, 0.717) is 33.5 Å². The fourth-order valence-electron chi connectivity index (χ4n) is 3.55. The van der Waals surface area contributed by atoms with Crippen LogP contribution in [0.5, 0.6) is 5.88 Å². The Morgan fingerprint density at radius 2 is 1.89 bits per heavy atom. The highest BCUT2D eigenvalue weighted by atomic mass is 32.2. The SMILES string of the molecule is CNCCCOc1ccc2nc(NC(=O)C(=NN3CCCC3)c3ccc(S(C)(=O)=O)cc3)sc2n1. The lowest BCUT2D eigenvalue weighted by Gasteiger charge is -2.14. The first kappa shape index (κ1) is 25.0. The van der Waals surface area contributed by atoms with E-state index in [4.69, 9.17) is 4.74 Å². The zero-order valence-electron chi connectivity index (χ0n) is 19.7. The monoisotopic (exact) mass is 516 g/mol. The normalized spacial score (nSPS) is 14.5. The molecule has 3 heterocycles. The number of nitrogens with one attached hydrogen (secondary N) is 2. The number of pyridine rings is 1. The topological polar surface area (TPSA) is 126 Å². The van der Waals surface area contributed by atoms with Crippen LogP contribution in [0.25, 0.3) is 10.3 Å². The number of hydrogen-bond donors (Lipinski definition) is 2. The van der Waals surface area contributed by atoms with Crippen molar-refractivity contribution >= 4 is 48.3 Å². The van der Waals surface area contributed by atoms with Crippen LogP contribution in [0.3, 0.4) is 0 Å². The standard InChI is InChI=1S/C23H28N6O4S2/c1-24-12-5-15-33-19-11-10-18-22(26-19)34-23(25-18)27-21(30)20(28-29-13-3-4-14-29)16-6-8-17(9-7-16)35(2,31)32/h6-11,24H,3-5,12-15H2,1-2H3,(H,25,27,30). The first-order valence-electron chi connectivity index (χ1n) is 11.3. The van der Waals surface area contributed by atoms with Crippen LogP contribution < -0.4 is 15.4 Å². The molecular formula is C23H28N6O4S2. The second kappa shape index (κ2) is 11.1. The van der Waals surface area contributed by atoms with E-state index < -0.39 is 15.7 Å². The minimum absolute atomic E-state index is 0.184. The van der Waals surface area contributed by atoms with Gasteiger partial charge in [0.15, 0.2) is 20.7 Å². The van der Waals surface area contributed by atoms with Gasteiger partial charge in [0.2, 0.25) is 5.88 Å². The highest BCUT2D eigenvalue weighted by Gasteiger charge is 2.21. The van der Waals surface area contributed by atoms with Crippen LogP contribution in [0.2, 0.25) is 0 Å². The van der Waals surface area contributed by atoms with E-state index in [-0.39, 0.29) is 10.6 Å². The van der Waals surface area contributed by atoms with E-state index in [1.54, 1.807) is 18.2 Å². The summed E-state index contributed by atoms with van der Waals surface area (Å²) in [4.78, 5) is 23.1. The zero-order chi connectivity index (χ0) is 24.8. The Bertz CT molecular complexity index is 1320. The number of nitrogens with zero attached hydrogens (tertiary/aromatic N) is 4. The number of ether oxygens (including phenoxy) is 1. The van der Waals surface area contributed by atoms with Crippen LogP contribution in [0.15, 0.2) is 46.4 Å². The maximum absolute atomic E-state index is 13.3. The van der Waals surface area contributed by atoms with Gasteiger partial charge in [-0.2, -0.15) is 5.10 Å². The van der Waals surface area contributed by atoms with Crippen molar-refractivity contribution < 1.29 is 17.9 Å². The first-order chi connectivity index (χ1) is 16.8. The molecule has 0 spiro atoms. The van der Waals surface area contributed by atoms with Crippen LogP contribution in [0.1, 0.15) is 24.8 Å². The molecule has 1 aliphatic rings. The Hall–Kier alpha value is -3.09. The van der Waals surface area contributed by atoms with Gasteiger partial charge in [0, 0.05) is 31.0 Å². The van der Waals surface area contributed by atoms with Crippen molar-refractivity contribution in [3.63, 3.8) is 0 Å². The van der Waals surface area contributed by atoms with Crippen LogP contribution in [0, 0.1) is 0 Å². The molecule has 1 fully saturated rings. The number of carbonyl (C=O) groups excluding carboxylic acids is 1. The van der Waals surface area contributed by atoms with Crippen molar-refractivity contribution in [3.8, 4) is 5.88 Å². The molecule has 1 aliphatic heterocycles. The van der Waals surface area contributed by atoms with Gasteiger partial charge in [0.25, 0.3) is 5.91 Å². The molecule has 10 nitrogen and oxygen atoms in total. The van der Waals surface area contributed by atoms with E-state index in [1.165, 1.54) is 23.5 Å². The lowest BCUT2D eigenvalue weighted by molar-refractivity contribution is -0.110. The molecule has 35 heavy (non-hydrogen) atoms. The van der Waals surface area contributed by atoms with Gasteiger partial charge in [0.1, 0.15) is 10.3 Å². The van der Waals surface area contributed by atoms with E-state index in [1.807, 2.05) is 18.1 Å². The Labute approximate surface area is 208 Å². The number of hydrazone groups is 1. The third-order valence-electron chi connectivity index (χ3n) is 5.37. The van der Waals surface area contributed by atoms with E-state index >= 15 is 0 Å². The summed E-state index contributed by atoms with van der Waals surface area (Å²) in [5.41, 5.74) is 1.38. The molecule has 2 aromatic heterocycles. The molecule has 12 heteroatoms. The van der Waals surface area contributed by atoms with E-state index in [2.05, 4.69) is 25.7 Å².